The van der Waals surface area contributed by atoms with Crippen molar-refractivity contribution < 1.29 is 9.90 Å². The number of rotatable bonds is 4. The molecule has 1 aromatic rings. The molecule has 0 bridgehead atoms. The summed E-state index contributed by atoms with van der Waals surface area (Å²) in [7, 11) is 0. The van der Waals surface area contributed by atoms with Crippen molar-refractivity contribution in [3.05, 3.63) is 32.6 Å². The van der Waals surface area contributed by atoms with Gasteiger partial charge in [-0.25, -0.2) is 4.79 Å². The lowest BCUT2D eigenvalue weighted by Gasteiger charge is -2.18. The van der Waals surface area contributed by atoms with Crippen LogP contribution in [0.4, 0.5) is 0 Å². The Hall–Kier alpha value is -1.89. The molecule has 0 aliphatic heterocycles. The molecule has 1 aromatic heterocycles. The molecule has 2 unspecified atom stereocenters. The first kappa shape index (κ1) is 13.5. The molecule has 1 fully saturated rings. The monoisotopic (exact) mass is 267 g/mol. The van der Waals surface area contributed by atoms with Crippen LogP contribution < -0.4 is 16.6 Å². The summed E-state index contributed by atoms with van der Waals surface area (Å²) in [5.41, 5.74) is -0.866. The summed E-state index contributed by atoms with van der Waals surface area (Å²) in [6, 6.07) is 1.17. The molecule has 104 valence electrons. The fourth-order valence-corrected chi connectivity index (χ4v) is 2.49. The Morgan fingerprint density at radius 3 is 2.84 bits per heavy atom. The Bertz CT molecular complexity index is 534. The molecule has 2 rings (SSSR count). The van der Waals surface area contributed by atoms with E-state index in [1.165, 1.54) is 6.07 Å². The van der Waals surface area contributed by atoms with Gasteiger partial charge >= 0.3 is 5.69 Å². The fraction of sp³-hybridized carbons (Fsp3) is 0.583. The van der Waals surface area contributed by atoms with E-state index in [4.69, 9.17) is 5.11 Å². The summed E-state index contributed by atoms with van der Waals surface area (Å²) in [6.07, 6.45) is 2.69. The summed E-state index contributed by atoms with van der Waals surface area (Å²) < 4.78 is 0. The number of H-pyrrole nitrogens is 2. The van der Waals surface area contributed by atoms with Crippen LogP contribution in [0.3, 0.4) is 0 Å². The molecule has 4 N–H and O–H groups in total. The molecule has 0 radical (unpaired) electrons. The van der Waals surface area contributed by atoms with Gasteiger partial charge in [-0.3, -0.25) is 14.6 Å². The van der Waals surface area contributed by atoms with Gasteiger partial charge in [-0.15, -0.1) is 0 Å². The molecule has 1 heterocycles. The summed E-state index contributed by atoms with van der Waals surface area (Å²) in [5.74, 6) is -0.159. The molecule has 1 aliphatic rings. The zero-order chi connectivity index (χ0) is 13.8. The number of aliphatic hydroxyl groups is 1. The number of amides is 1. The minimum atomic E-state index is -0.621. The van der Waals surface area contributed by atoms with E-state index in [-0.39, 0.29) is 36.6 Å². The molecule has 7 nitrogen and oxygen atoms in total. The van der Waals surface area contributed by atoms with E-state index in [1.54, 1.807) is 0 Å². The van der Waals surface area contributed by atoms with Crippen LogP contribution in [0.5, 0.6) is 0 Å². The van der Waals surface area contributed by atoms with E-state index in [1.807, 2.05) is 4.98 Å². The second kappa shape index (κ2) is 5.83. The average molecular weight is 267 g/mol. The van der Waals surface area contributed by atoms with Gasteiger partial charge in [-0.1, -0.05) is 6.42 Å². The Morgan fingerprint density at radius 2 is 2.16 bits per heavy atom. The van der Waals surface area contributed by atoms with Gasteiger partial charge in [-0.05, 0) is 12.8 Å². The van der Waals surface area contributed by atoms with Crippen molar-refractivity contribution in [2.45, 2.75) is 31.7 Å². The quantitative estimate of drug-likeness (QED) is 0.553. The van der Waals surface area contributed by atoms with Crippen LogP contribution in [0.15, 0.2) is 15.7 Å². The molecule has 19 heavy (non-hydrogen) atoms. The Morgan fingerprint density at radius 1 is 1.37 bits per heavy atom. The van der Waals surface area contributed by atoms with Crippen molar-refractivity contribution in [1.29, 1.82) is 0 Å². The molecule has 2 atom stereocenters. The molecule has 1 saturated carbocycles. The van der Waals surface area contributed by atoms with Gasteiger partial charge in [0.05, 0.1) is 6.42 Å². The minimum absolute atomic E-state index is 0.0220. The first-order chi connectivity index (χ1) is 9.08. The van der Waals surface area contributed by atoms with Crippen molar-refractivity contribution in [3.8, 4) is 0 Å². The topological polar surface area (TPSA) is 115 Å². The standard InChI is InChI=1S/C12H17N3O4/c16-6-7-2-1-3-9(7)14-10(17)4-8-5-11(18)15-12(19)13-8/h5,7,9,16H,1-4,6H2,(H,14,17)(H2,13,15,18,19). The van der Waals surface area contributed by atoms with Crippen molar-refractivity contribution in [2.75, 3.05) is 6.61 Å². The number of carbonyl (C=O) groups is 1. The molecule has 7 heteroatoms. The van der Waals surface area contributed by atoms with Crippen LogP contribution in [0.2, 0.25) is 0 Å². The number of hydrogen-bond donors (Lipinski definition) is 4. The molecule has 0 saturated heterocycles. The predicted molar refractivity (Wildman–Crippen MR) is 67.7 cm³/mol. The Kier molecular flexibility index (Phi) is 4.16. The van der Waals surface area contributed by atoms with Crippen LogP contribution in [-0.2, 0) is 11.2 Å². The maximum Gasteiger partial charge on any atom is 0.325 e. The predicted octanol–water partition coefficient (Wildman–Crippen LogP) is -1.12. The first-order valence-electron chi connectivity index (χ1n) is 6.31. The van der Waals surface area contributed by atoms with Gasteiger partial charge in [-0.2, -0.15) is 0 Å². The van der Waals surface area contributed by atoms with Gasteiger partial charge in [0.25, 0.3) is 5.56 Å². The number of nitrogens with one attached hydrogen (secondary N) is 3. The number of carbonyl (C=O) groups excluding carboxylic acids is 1. The van der Waals surface area contributed by atoms with Crippen molar-refractivity contribution in [2.24, 2.45) is 5.92 Å². The van der Waals surface area contributed by atoms with Gasteiger partial charge in [0.1, 0.15) is 0 Å². The van der Waals surface area contributed by atoms with Crippen LogP contribution in [-0.4, -0.2) is 33.6 Å². The van der Waals surface area contributed by atoms with Gasteiger partial charge in [0.2, 0.25) is 5.91 Å². The largest absolute Gasteiger partial charge is 0.396 e. The summed E-state index contributed by atoms with van der Waals surface area (Å²) in [5, 5.41) is 12.0. The van der Waals surface area contributed by atoms with Crippen LogP contribution in [0.1, 0.15) is 25.0 Å². The third kappa shape index (κ3) is 3.54. The first-order valence-corrected chi connectivity index (χ1v) is 6.31. The molecule has 1 amide bonds. The zero-order valence-electron chi connectivity index (χ0n) is 10.4. The normalized spacial score (nSPS) is 22.4. The van der Waals surface area contributed by atoms with E-state index >= 15 is 0 Å². The maximum atomic E-state index is 11.8. The molecule has 1 aliphatic carbocycles. The van der Waals surface area contributed by atoms with Crippen molar-refractivity contribution in [3.63, 3.8) is 0 Å². The lowest BCUT2D eigenvalue weighted by molar-refractivity contribution is -0.121. The number of hydrogen-bond acceptors (Lipinski definition) is 4. The van der Waals surface area contributed by atoms with E-state index in [9.17, 15) is 14.4 Å². The highest BCUT2D eigenvalue weighted by Crippen LogP contribution is 2.24. The number of aliphatic hydroxyl groups excluding tert-OH is 1. The highest BCUT2D eigenvalue weighted by molar-refractivity contribution is 5.78. The lowest BCUT2D eigenvalue weighted by Crippen LogP contribution is -2.39. The minimum Gasteiger partial charge on any atom is -0.396 e. The molecular weight excluding hydrogens is 250 g/mol. The van der Waals surface area contributed by atoms with Gasteiger partial charge < -0.3 is 15.4 Å². The van der Waals surface area contributed by atoms with Crippen molar-refractivity contribution >= 4 is 5.91 Å². The van der Waals surface area contributed by atoms with Crippen molar-refractivity contribution in [1.82, 2.24) is 15.3 Å². The van der Waals surface area contributed by atoms with E-state index in [0.29, 0.717) is 0 Å². The number of aromatic amines is 2. The summed E-state index contributed by atoms with van der Waals surface area (Å²) >= 11 is 0. The Balaban J connectivity index is 1.97. The summed E-state index contributed by atoms with van der Waals surface area (Å²) in [6.45, 7) is 0.0623. The van der Waals surface area contributed by atoms with E-state index in [2.05, 4.69) is 10.3 Å². The second-order valence-corrected chi connectivity index (χ2v) is 4.84. The Labute approximate surface area is 109 Å². The second-order valence-electron chi connectivity index (χ2n) is 4.84. The summed E-state index contributed by atoms with van der Waals surface area (Å²) in [4.78, 5) is 38.4. The SMILES string of the molecule is O=C(Cc1cc(=O)[nH]c(=O)[nH]1)NC1CCCC1CO. The maximum absolute atomic E-state index is 11.8. The van der Waals surface area contributed by atoms with Gasteiger partial charge in [0.15, 0.2) is 0 Å². The third-order valence-electron chi connectivity index (χ3n) is 3.41. The highest BCUT2D eigenvalue weighted by Gasteiger charge is 2.27. The highest BCUT2D eigenvalue weighted by atomic mass is 16.3. The van der Waals surface area contributed by atoms with E-state index in [0.717, 1.165) is 19.3 Å². The molecule has 0 spiro atoms. The van der Waals surface area contributed by atoms with Crippen LogP contribution in [0, 0.1) is 5.92 Å². The third-order valence-corrected chi connectivity index (χ3v) is 3.41. The number of aromatic nitrogens is 2. The smallest absolute Gasteiger partial charge is 0.325 e. The average Bonchev–Trinajstić information content (AvgIpc) is 2.74. The fourth-order valence-electron chi connectivity index (χ4n) is 2.49. The van der Waals surface area contributed by atoms with Crippen LogP contribution >= 0.6 is 0 Å². The molecule has 0 aromatic carbocycles. The zero-order valence-corrected chi connectivity index (χ0v) is 10.4. The van der Waals surface area contributed by atoms with E-state index < -0.39 is 11.2 Å². The van der Waals surface area contributed by atoms with Crippen LogP contribution in [0.25, 0.3) is 0 Å². The van der Waals surface area contributed by atoms with Gasteiger partial charge in [0, 0.05) is 30.3 Å². The molecular formula is C12H17N3O4. The lowest BCUT2D eigenvalue weighted by atomic mass is 10.0.